The molecule has 7 nitrogen and oxygen atoms in total. The standard InChI is InChI=1S/C17H22N4O3/c1-3-18-17(22)21-10-5-4-9-14(21)16-19-15(20-24-16)12-7-6-8-13(11-12)23-2/h6-8,11,14H,3-5,9-10H2,1-2H3,(H,18,22). The Morgan fingerprint density at radius 3 is 3.12 bits per heavy atom. The molecule has 3 rings (SSSR count). The van der Waals surface area contributed by atoms with E-state index in [1.165, 1.54) is 0 Å². The Hall–Kier alpha value is -2.57. The van der Waals surface area contributed by atoms with Crippen LogP contribution >= 0.6 is 0 Å². The third kappa shape index (κ3) is 3.34. The summed E-state index contributed by atoms with van der Waals surface area (Å²) in [5, 5.41) is 6.93. The molecule has 1 aliphatic heterocycles. The fourth-order valence-corrected chi connectivity index (χ4v) is 2.93. The number of hydrogen-bond acceptors (Lipinski definition) is 5. The van der Waals surface area contributed by atoms with E-state index in [2.05, 4.69) is 15.5 Å². The number of likely N-dealkylation sites (tertiary alicyclic amines) is 1. The third-order valence-electron chi connectivity index (χ3n) is 4.15. The second kappa shape index (κ2) is 7.33. The van der Waals surface area contributed by atoms with Crippen molar-refractivity contribution < 1.29 is 14.1 Å². The van der Waals surface area contributed by atoms with Gasteiger partial charge in [-0.3, -0.25) is 0 Å². The molecule has 0 radical (unpaired) electrons. The molecule has 2 heterocycles. The number of amides is 2. The van der Waals surface area contributed by atoms with Crippen molar-refractivity contribution in [3.8, 4) is 17.1 Å². The molecule has 7 heteroatoms. The predicted octanol–water partition coefficient (Wildman–Crippen LogP) is 3.00. The molecular formula is C17H22N4O3. The van der Waals surface area contributed by atoms with Gasteiger partial charge in [-0.05, 0) is 38.3 Å². The second-order valence-electron chi connectivity index (χ2n) is 5.73. The zero-order chi connectivity index (χ0) is 16.9. The molecule has 1 aromatic heterocycles. The molecule has 1 fully saturated rings. The first kappa shape index (κ1) is 16.3. The predicted molar refractivity (Wildman–Crippen MR) is 88.7 cm³/mol. The zero-order valence-corrected chi connectivity index (χ0v) is 14.0. The maximum atomic E-state index is 12.3. The Labute approximate surface area is 141 Å². The lowest BCUT2D eigenvalue weighted by atomic mass is 10.0. The zero-order valence-electron chi connectivity index (χ0n) is 14.0. The minimum Gasteiger partial charge on any atom is -0.497 e. The molecule has 0 saturated carbocycles. The van der Waals surface area contributed by atoms with Gasteiger partial charge >= 0.3 is 6.03 Å². The van der Waals surface area contributed by atoms with Crippen LogP contribution in [0.1, 0.15) is 38.1 Å². The first-order chi connectivity index (χ1) is 11.7. The van der Waals surface area contributed by atoms with Crippen LogP contribution in [0.3, 0.4) is 0 Å². The summed E-state index contributed by atoms with van der Waals surface area (Å²) < 4.78 is 10.7. The van der Waals surface area contributed by atoms with E-state index in [-0.39, 0.29) is 12.1 Å². The summed E-state index contributed by atoms with van der Waals surface area (Å²) in [6.45, 7) is 3.21. The number of hydrogen-bond donors (Lipinski definition) is 1. The van der Waals surface area contributed by atoms with Gasteiger partial charge in [-0.1, -0.05) is 17.3 Å². The first-order valence-electron chi connectivity index (χ1n) is 8.25. The van der Waals surface area contributed by atoms with Crippen LogP contribution in [0.5, 0.6) is 5.75 Å². The highest BCUT2D eigenvalue weighted by molar-refractivity contribution is 5.74. The first-order valence-corrected chi connectivity index (χ1v) is 8.25. The van der Waals surface area contributed by atoms with Crippen LogP contribution < -0.4 is 10.1 Å². The lowest BCUT2D eigenvalue weighted by molar-refractivity contribution is 0.132. The molecule has 0 bridgehead atoms. The Morgan fingerprint density at radius 1 is 1.46 bits per heavy atom. The molecule has 1 N–H and O–H groups in total. The normalized spacial score (nSPS) is 17.6. The average molecular weight is 330 g/mol. The highest BCUT2D eigenvalue weighted by Crippen LogP contribution is 2.31. The van der Waals surface area contributed by atoms with E-state index in [9.17, 15) is 4.79 Å². The highest BCUT2D eigenvalue weighted by atomic mass is 16.5. The van der Waals surface area contributed by atoms with Gasteiger partial charge in [0, 0.05) is 18.7 Å². The van der Waals surface area contributed by atoms with E-state index in [1.54, 1.807) is 12.0 Å². The van der Waals surface area contributed by atoms with Gasteiger partial charge in [-0.2, -0.15) is 4.98 Å². The van der Waals surface area contributed by atoms with Crippen molar-refractivity contribution >= 4 is 6.03 Å². The van der Waals surface area contributed by atoms with Gasteiger partial charge in [0.1, 0.15) is 11.8 Å². The number of nitrogens with zero attached hydrogens (tertiary/aromatic N) is 3. The largest absolute Gasteiger partial charge is 0.497 e. The molecule has 128 valence electrons. The number of benzene rings is 1. The summed E-state index contributed by atoms with van der Waals surface area (Å²) in [6.07, 6.45) is 2.86. The SMILES string of the molecule is CCNC(=O)N1CCCCC1c1nc(-c2cccc(OC)c2)no1. The second-order valence-corrected chi connectivity index (χ2v) is 5.73. The van der Waals surface area contributed by atoms with E-state index in [0.29, 0.717) is 24.8 Å². The Kier molecular flexibility index (Phi) is 4.98. The molecular weight excluding hydrogens is 308 g/mol. The number of rotatable bonds is 4. The molecule has 2 amide bonds. The summed E-state index contributed by atoms with van der Waals surface area (Å²) in [7, 11) is 1.62. The maximum Gasteiger partial charge on any atom is 0.318 e. The van der Waals surface area contributed by atoms with E-state index in [4.69, 9.17) is 9.26 Å². The smallest absolute Gasteiger partial charge is 0.318 e. The fraction of sp³-hybridized carbons (Fsp3) is 0.471. The molecule has 24 heavy (non-hydrogen) atoms. The van der Waals surface area contributed by atoms with Gasteiger partial charge in [0.25, 0.3) is 0 Å². The topological polar surface area (TPSA) is 80.5 Å². The Bertz CT molecular complexity index is 701. The summed E-state index contributed by atoms with van der Waals surface area (Å²) in [5.41, 5.74) is 0.824. The number of piperidine rings is 1. The number of nitrogens with one attached hydrogen (secondary N) is 1. The van der Waals surface area contributed by atoms with E-state index in [0.717, 1.165) is 30.6 Å². The van der Waals surface area contributed by atoms with Crippen molar-refractivity contribution in [2.45, 2.75) is 32.2 Å². The van der Waals surface area contributed by atoms with Crippen LogP contribution in [0.25, 0.3) is 11.4 Å². The van der Waals surface area contributed by atoms with Gasteiger partial charge in [-0.15, -0.1) is 0 Å². The van der Waals surface area contributed by atoms with Crippen molar-refractivity contribution in [1.29, 1.82) is 0 Å². The summed E-state index contributed by atoms with van der Waals surface area (Å²) >= 11 is 0. The number of aromatic nitrogens is 2. The number of carbonyl (C=O) groups excluding carboxylic acids is 1. The minimum atomic E-state index is -0.169. The monoisotopic (exact) mass is 330 g/mol. The molecule has 1 aliphatic rings. The molecule has 1 unspecified atom stereocenters. The van der Waals surface area contributed by atoms with Gasteiger partial charge < -0.3 is 19.5 Å². The number of carbonyl (C=O) groups is 1. The van der Waals surface area contributed by atoms with E-state index in [1.807, 2.05) is 31.2 Å². The molecule has 0 spiro atoms. The molecule has 2 aromatic rings. The quantitative estimate of drug-likeness (QED) is 0.932. The van der Waals surface area contributed by atoms with Gasteiger partial charge in [-0.25, -0.2) is 4.79 Å². The molecule has 1 saturated heterocycles. The van der Waals surface area contributed by atoms with E-state index < -0.39 is 0 Å². The van der Waals surface area contributed by atoms with Crippen LogP contribution in [0.4, 0.5) is 4.79 Å². The number of urea groups is 1. The Balaban J connectivity index is 1.83. The third-order valence-corrected chi connectivity index (χ3v) is 4.15. The molecule has 1 atom stereocenters. The molecule has 1 aromatic carbocycles. The number of ether oxygens (including phenoxy) is 1. The van der Waals surface area contributed by atoms with Gasteiger partial charge in [0.05, 0.1) is 7.11 Å². The maximum absolute atomic E-state index is 12.3. The van der Waals surface area contributed by atoms with Crippen molar-refractivity contribution in [3.63, 3.8) is 0 Å². The minimum absolute atomic E-state index is 0.0802. The van der Waals surface area contributed by atoms with Gasteiger partial charge in [0.15, 0.2) is 0 Å². The fourth-order valence-electron chi connectivity index (χ4n) is 2.93. The summed E-state index contributed by atoms with van der Waals surface area (Å²) in [4.78, 5) is 18.6. The van der Waals surface area contributed by atoms with Crippen LogP contribution in [0.15, 0.2) is 28.8 Å². The Morgan fingerprint density at radius 2 is 2.33 bits per heavy atom. The lowest BCUT2D eigenvalue weighted by Crippen LogP contribution is -2.44. The van der Waals surface area contributed by atoms with Crippen molar-refractivity contribution in [2.24, 2.45) is 0 Å². The van der Waals surface area contributed by atoms with Crippen LogP contribution in [0.2, 0.25) is 0 Å². The van der Waals surface area contributed by atoms with Crippen LogP contribution in [-0.4, -0.2) is 41.3 Å². The van der Waals surface area contributed by atoms with Crippen molar-refractivity contribution in [1.82, 2.24) is 20.4 Å². The average Bonchev–Trinajstić information content (AvgIpc) is 3.12. The van der Waals surface area contributed by atoms with E-state index >= 15 is 0 Å². The molecule has 0 aliphatic carbocycles. The highest BCUT2D eigenvalue weighted by Gasteiger charge is 2.32. The van der Waals surface area contributed by atoms with Crippen molar-refractivity contribution in [2.75, 3.05) is 20.2 Å². The van der Waals surface area contributed by atoms with Crippen molar-refractivity contribution in [3.05, 3.63) is 30.2 Å². The van der Waals surface area contributed by atoms with Crippen LogP contribution in [-0.2, 0) is 0 Å². The van der Waals surface area contributed by atoms with Gasteiger partial charge in [0.2, 0.25) is 11.7 Å². The number of methoxy groups -OCH3 is 1. The lowest BCUT2D eigenvalue weighted by Gasteiger charge is -2.33. The van der Waals surface area contributed by atoms with Crippen LogP contribution in [0, 0.1) is 0 Å². The summed E-state index contributed by atoms with van der Waals surface area (Å²) in [6, 6.07) is 7.26. The summed E-state index contributed by atoms with van der Waals surface area (Å²) in [5.74, 6) is 1.73.